The molecule has 0 fully saturated rings. The van der Waals surface area contributed by atoms with E-state index in [1.54, 1.807) is 42.5 Å². The third kappa shape index (κ3) is 8.05. The first kappa shape index (κ1) is 44.8. The van der Waals surface area contributed by atoms with E-state index in [4.69, 9.17) is 47.6 Å². The molecule has 0 saturated carbocycles. The standard InChI is InChI=1S/C20H16O17P4.C20H12O5/c21-19-13-3-1-2-4-14(13)20(33-19)15-7-5-11(34-40(28,29)36-38(22,23)24)9-17(15)32-18-10-12(6-8-16(18)20)35-41(30,31)37-39(25,26)27;21-11-5-7-15-17(9-11)24-18-10-12(22)6-8-16(18)20(15)14-4-2-1-3-13(14)19(23)25-20/h1-10H,(H,28,29)(H,30,31)(H2,22,23,24)(H2,25,26,27);1-10,21-22H. The molecule has 4 heterocycles. The zero-order valence-corrected chi connectivity index (χ0v) is 36.2. The van der Waals surface area contributed by atoms with Gasteiger partial charge >= 0.3 is 43.2 Å². The van der Waals surface area contributed by atoms with E-state index in [2.05, 4.69) is 8.62 Å². The highest BCUT2D eigenvalue weighted by atomic mass is 31.3. The third-order valence-corrected chi connectivity index (χ3v) is 14.4. The van der Waals surface area contributed by atoms with Crippen LogP contribution in [0.2, 0.25) is 0 Å². The van der Waals surface area contributed by atoms with Crippen molar-refractivity contribution in [3.63, 3.8) is 0 Å². The summed E-state index contributed by atoms with van der Waals surface area (Å²) in [5, 5.41) is 19.7. The summed E-state index contributed by atoms with van der Waals surface area (Å²) >= 11 is 0. The molecule has 4 aliphatic rings. The van der Waals surface area contributed by atoms with Crippen LogP contribution in [0.4, 0.5) is 0 Å². The molecule has 10 rings (SSSR count). The zero-order chi connectivity index (χ0) is 47.2. The number of aromatic hydroxyl groups is 2. The van der Waals surface area contributed by atoms with Crippen LogP contribution in [0.3, 0.4) is 0 Å². The number of rotatable bonds is 8. The molecule has 2 atom stereocenters. The van der Waals surface area contributed by atoms with Gasteiger partial charge in [-0.25, -0.2) is 27.8 Å². The molecular formula is C40H28O22P4. The molecule has 22 nitrogen and oxygen atoms in total. The lowest BCUT2D eigenvalue weighted by atomic mass is 9.77. The molecule has 0 bridgehead atoms. The summed E-state index contributed by atoms with van der Waals surface area (Å²) in [6.07, 6.45) is 0. The Morgan fingerprint density at radius 3 is 1.12 bits per heavy atom. The molecule has 0 aromatic heterocycles. The maximum Gasteiger partial charge on any atom is 0.536 e. The summed E-state index contributed by atoms with van der Waals surface area (Å²) in [5.74, 6) is -1.61. The second-order valence-corrected chi connectivity index (χ2v) is 19.9. The van der Waals surface area contributed by atoms with Gasteiger partial charge in [-0.1, -0.05) is 36.4 Å². The Morgan fingerprint density at radius 2 is 0.758 bits per heavy atom. The molecule has 0 aliphatic carbocycles. The molecular weight excluding hydrogens is 956 g/mol. The summed E-state index contributed by atoms with van der Waals surface area (Å²) in [6, 6.07) is 29.7. The Hall–Kier alpha value is -6.34. The van der Waals surface area contributed by atoms with Crippen molar-refractivity contribution in [3.8, 4) is 46.0 Å². The summed E-state index contributed by atoms with van der Waals surface area (Å²) in [5.41, 5.74) is 0.442. The minimum absolute atomic E-state index is 0.0371. The smallest absolute Gasteiger partial charge is 0.508 e. The summed E-state index contributed by atoms with van der Waals surface area (Å²) in [4.78, 5) is 80.3. The highest BCUT2D eigenvalue weighted by Gasteiger charge is 2.55. The quantitative estimate of drug-likeness (QED) is 0.0557. The second-order valence-electron chi connectivity index (χ2n) is 14.4. The van der Waals surface area contributed by atoms with Gasteiger partial charge in [0, 0.05) is 57.6 Å². The molecule has 6 aromatic carbocycles. The predicted molar refractivity (Wildman–Crippen MR) is 220 cm³/mol. The first-order valence-corrected chi connectivity index (χ1v) is 24.6. The number of phenolic OH excluding ortho intramolecular Hbond substituents is 2. The molecule has 26 heteroatoms. The number of hydrogen-bond acceptors (Lipinski definition) is 16. The number of carbonyl (C=O) groups is 2. The highest BCUT2D eigenvalue weighted by Crippen LogP contribution is 2.62. The van der Waals surface area contributed by atoms with Crippen LogP contribution in [0, 0.1) is 0 Å². The fourth-order valence-electron chi connectivity index (χ4n) is 7.97. The summed E-state index contributed by atoms with van der Waals surface area (Å²) in [6.45, 7) is 0. The molecule has 0 amide bonds. The van der Waals surface area contributed by atoms with Crippen molar-refractivity contribution in [2.45, 2.75) is 11.2 Å². The number of hydrogen-bond donors (Lipinski definition) is 8. The first-order chi connectivity index (χ1) is 31.0. The van der Waals surface area contributed by atoms with E-state index in [1.807, 2.05) is 12.1 Å². The van der Waals surface area contributed by atoms with E-state index in [9.17, 15) is 47.8 Å². The average molecular weight is 985 g/mol. The van der Waals surface area contributed by atoms with Gasteiger partial charge in [-0.05, 0) is 60.7 Å². The zero-order valence-electron chi connectivity index (χ0n) is 32.6. The van der Waals surface area contributed by atoms with Gasteiger partial charge < -0.3 is 57.8 Å². The fourth-order valence-corrected chi connectivity index (χ4v) is 11.1. The van der Waals surface area contributed by atoms with E-state index >= 15 is 0 Å². The number of esters is 2. The van der Waals surface area contributed by atoms with Crippen molar-refractivity contribution < 1.29 is 104 Å². The first-order valence-electron chi connectivity index (χ1n) is 18.5. The number of carbonyl (C=O) groups excluding carboxylic acids is 2. The van der Waals surface area contributed by atoms with Crippen LogP contribution < -0.4 is 18.5 Å². The van der Waals surface area contributed by atoms with E-state index in [-0.39, 0.29) is 39.7 Å². The van der Waals surface area contributed by atoms with Crippen molar-refractivity contribution in [2.75, 3.05) is 0 Å². The van der Waals surface area contributed by atoms with Crippen molar-refractivity contribution in [1.29, 1.82) is 0 Å². The molecule has 4 aliphatic heterocycles. The number of fused-ring (bicyclic) bond motifs is 12. The van der Waals surface area contributed by atoms with Crippen molar-refractivity contribution in [3.05, 3.63) is 166 Å². The minimum Gasteiger partial charge on any atom is -0.508 e. The van der Waals surface area contributed by atoms with Gasteiger partial charge in [-0.15, -0.1) is 0 Å². The molecule has 8 N–H and O–H groups in total. The van der Waals surface area contributed by atoms with Crippen LogP contribution in [0.15, 0.2) is 121 Å². The number of phosphoric ester groups is 2. The van der Waals surface area contributed by atoms with Crippen LogP contribution >= 0.6 is 31.3 Å². The Kier molecular flexibility index (Phi) is 10.6. The van der Waals surface area contributed by atoms with Crippen LogP contribution in [-0.2, 0) is 47.6 Å². The lowest BCUT2D eigenvalue weighted by molar-refractivity contribution is 0.0214. The lowest BCUT2D eigenvalue weighted by Gasteiger charge is -2.36. The Morgan fingerprint density at radius 1 is 0.424 bits per heavy atom. The van der Waals surface area contributed by atoms with Gasteiger partial charge in [0.25, 0.3) is 0 Å². The van der Waals surface area contributed by atoms with Crippen molar-refractivity contribution in [2.24, 2.45) is 0 Å². The molecule has 66 heavy (non-hydrogen) atoms. The van der Waals surface area contributed by atoms with Crippen LogP contribution in [0.25, 0.3) is 0 Å². The van der Waals surface area contributed by atoms with Crippen LogP contribution in [0.1, 0.15) is 54.1 Å². The molecule has 0 saturated heterocycles. The summed E-state index contributed by atoms with van der Waals surface area (Å²) < 4.78 is 86.7. The van der Waals surface area contributed by atoms with Crippen molar-refractivity contribution >= 4 is 43.2 Å². The maximum absolute atomic E-state index is 12.9. The van der Waals surface area contributed by atoms with Gasteiger partial charge in [-0.3, -0.25) is 9.79 Å². The van der Waals surface area contributed by atoms with Gasteiger partial charge in [0.05, 0.1) is 11.1 Å². The van der Waals surface area contributed by atoms with Crippen LogP contribution in [-0.4, -0.2) is 51.5 Å². The van der Waals surface area contributed by atoms with E-state index in [1.165, 1.54) is 42.5 Å². The third-order valence-electron chi connectivity index (χ3n) is 10.2. The Bertz CT molecular complexity index is 3100. The largest absolute Gasteiger partial charge is 0.536 e. The van der Waals surface area contributed by atoms with E-state index in [0.717, 1.165) is 24.3 Å². The number of ether oxygens (including phenoxy) is 4. The molecule has 0 radical (unpaired) electrons. The highest BCUT2D eigenvalue weighted by molar-refractivity contribution is 7.61. The monoisotopic (exact) mass is 984 g/mol. The van der Waals surface area contributed by atoms with Gasteiger partial charge in [0.15, 0.2) is 11.2 Å². The molecule has 2 spiro atoms. The average Bonchev–Trinajstić information content (AvgIpc) is 3.66. The Balaban J connectivity index is 0.000000186. The van der Waals surface area contributed by atoms with E-state index < -0.39 is 65.9 Å². The maximum atomic E-state index is 12.9. The second kappa shape index (κ2) is 15.6. The number of benzene rings is 6. The summed E-state index contributed by atoms with van der Waals surface area (Å²) in [7, 11) is -21.6. The fraction of sp³-hybridized carbons (Fsp3) is 0.0500. The van der Waals surface area contributed by atoms with Crippen molar-refractivity contribution in [1.82, 2.24) is 0 Å². The van der Waals surface area contributed by atoms with Gasteiger partial charge in [0.1, 0.15) is 46.0 Å². The van der Waals surface area contributed by atoms with Gasteiger partial charge in [0.2, 0.25) is 0 Å². The SMILES string of the molecule is O=C1OC2(c3ccc(O)cc3Oc3cc(O)ccc32)c2ccccc21.O=C1OC2(c3ccc(OP(=O)(O)OP(=O)(O)O)cc3Oc3cc(OP(=O)(O)OP(=O)(O)O)ccc32)c2ccccc21. The minimum atomic E-state index is -5.44. The Labute approximate surface area is 369 Å². The molecule has 340 valence electrons. The number of phosphoric acid groups is 4. The molecule has 2 unspecified atom stereocenters. The van der Waals surface area contributed by atoms with Gasteiger partial charge in [-0.2, -0.15) is 8.62 Å². The lowest BCUT2D eigenvalue weighted by Crippen LogP contribution is -2.33. The molecule has 6 aromatic rings. The predicted octanol–water partition coefficient (Wildman–Crippen LogP) is 7.10. The normalized spacial score (nSPS) is 18.7. The van der Waals surface area contributed by atoms with E-state index in [0.29, 0.717) is 39.3 Å². The van der Waals surface area contributed by atoms with Crippen LogP contribution in [0.5, 0.6) is 46.0 Å². The number of phenols is 2. The topological polar surface area (TPSA) is 338 Å².